The van der Waals surface area contributed by atoms with Crippen LogP contribution in [0, 0.1) is 6.92 Å². The normalized spacial score (nSPS) is 16.4. The average molecular weight is 340 g/mol. The number of carbonyl (C=O) groups excluding carboxylic acids is 2. The maximum atomic E-state index is 12.4. The molecule has 0 aliphatic carbocycles. The fourth-order valence-electron chi connectivity index (χ4n) is 2.59. The zero-order chi connectivity index (χ0) is 17.6. The third-order valence-corrected chi connectivity index (χ3v) is 3.95. The van der Waals surface area contributed by atoms with Crippen LogP contribution in [0.5, 0.6) is 0 Å². The maximum Gasteiger partial charge on any atom is 0.275 e. The zero-order valence-corrected chi connectivity index (χ0v) is 14.0. The number of hydrogen-bond donors (Lipinski definition) is 2. The lowest BCUT2D eigenvalue weighted by atomic mass is 10.1. The summed E-state index contributed by atoms with van der Waals surface area (Å²) in [6, 6.07) is 6.86. The van der Waals surface area contributed by atoms with E-state index in [-0.39, 0.29) is 17.7 Å². The van der Waals surface area contributed by atoms with Gasteiger partial charge in [0.15, 0.2) is 0 Å². The molecule has 7 nitrogen and oxygen atoms in total. The van der Waals surface area contributed by atoms with Crippen LogP contribution in [0.15, 0.2) is 36.7 Å². The topological polar surface area (TPSA) is 93.2 Å². The number of nitrogens with one attached hydrogen (secondary N) is 2. The summed E-state index contributed by atoms with van der Waals surface area (Å²) in [5.41, 5.74) is 1.75. The van der Waals surface area contributed by atoms with Crippen molar-refractivity contribution in [1.29, 1.82) is 0 Å². The van der Waals surface area contributed by atoms with Gasteiger partial charge in [-0.25, -0.2) is 4.98 Å². The van der Waals surface area contributed by atoms with Crippen LogP contribution in [-0.4, -0.2) is 41.0 Å². The highest BCUT2D eigenvalue weighted by Crippen LogP contribution is 2.16. The van der Waals surface area contributed by atoms with Crippen LogP contribution in [-0.2, 0) is 4.74 Å². The molecule has 7 heteroatoms. The van der Waals surface area contributed by atoms with E-state index in [4.69, 9.17) is 4.74 Å². The van der Waals surface area contributed by atoms with E-state index in [9.17, 15) is 9.59 Å². The molecule has 1 fully saturated rings. The molecular weight excluding hydrogens is 320 g/mol. The van der Waals surface area contributed by atoms with Crippen LogP contribution < -0.4 is 10.6 Å². The van der Waals surface area contributed by atoms with Crippen LogP contribution in [0.3, 0.4) is 0 Å². The molecule has 0 bridgehead atoms. The Kier molecular flexibility index (Phi) is 5.35. The predicted octanol–water partition coefficient (Wildman–Crippen LogP) is 1.95. The van der Waals surface area contributed by atoms with Crippen molar-refractivity contribution in [3.63, 3.8) is 0 Å². The van der Waals surface area contributed by atoms with E-state index >= 15 is 0 Å². The zero-order valence-electron chi connectivity index (χ0n) is 14.0. The molecule has 1 aromatic carbocycles. The number of para-hydroxylation sites is 1. The minimum atomic E-state index is -0.410. The minimum absolute atomic E-state index is 0.0635. The molecular formula is C18H20N4O3. The third kappa shape index (κ3) is 4.39. The van der Waals surface area contributed by atoms with Crippen LogP contribution in [0.4, 0.5) is 5.69 Å². The van der Waals surface area contributed by atoms with Crippen molar-refractivity contribution in [2.24, 2.45) is 0 Å². The number of amides is 2. The monoisotopic (exact) mass is 340 g/mol. The average Bonchev–Trinajstić information content (AvgIpc) is 3.14. The molecule has 0 spiro atoms. The molecule has 2 heterocycles. The van der Waals surface area contributed by atoms with Gasteiger partial charge >= 0.3 is 0 Å². The van der Waals surface area contributed by atoms with E-state index in [1.54, 1.807) is 31.2 Å². The fourth-order valence-corrected chi connectivity index (χ4v) is 2.59. The first-order valence-electron chi connectivity index (χ1n) is 8.22. The predicted molar refractivity (Wildman–Crippen MR) is 92.5 cm³/mol. The van der Waals surface area contributed by atoms with Gasteiger partial charge in [-0.05, 0) is 31.9 Å². The second-order valence-corrected chi connectivity index (χ2v) is 5.89. The van der Waals surface area contributed by atoms with Crippen molar-refractivity contribution in [1.82, 2.24) is 15.3 Å². The lowest BCUT2D eigenvalue weighted by Crippen LogP contribution is -2.32. The molecule has 2 N–H and O–H groups in total. The largest absolute Gasteiger partial charge is 0.376 e. The van der Waals surface area contributed by atoms with Gasteiger partial charge in [0.2, 0.25) is 0 Å². The Labute approximate surface area is 145 Å². The van der Waals surface area contributed by atoms with E-state index in [0.29, 0.717) is 17.8 Å². The van der Waals surface area contributed by atoms with Gasteiger partial charge in [-0.15, -0.1) is 0 Å². The highest BCUT2D eigenvalue weighted by molar-refractivity contribution is 6.08. The molecule has 2 amide bonds. The first-order chi connectivity index (χ1) is 12.1. The molecule has 1 aromatic heterocycles. The Bertz CT molecular complexity index is 755. The molecule has 1 aliphatic rings. The van der Waals surface area contributed by atoms with E-state index < -0.39 is 5.91 Å². The lowest BCUT2D eigenvalue weighted by Gasteiger charge is -2.13. The summed E-state index contributed by atoms with van der Waals surface area (Å²) in [4.78, 5) is 32.8. The van der Waals surface area contributed by atoms with Crippen LogP contribution in [0.2, 0.25) is 0 Å². The number of aromatic nitrogens is 2. The second kappa shape index (κ2) is 7.85. The van der Waals surface area contributed by atoms with Crippen molar-refractivity contribution in [3.8, 4) is 0 Å². The van der Waals surface area contributed by atoms with Gasteiger partial charge in [0.25, 0.3) is 11.8 Å². The van der Waals surface area contributed by atoms with Gasteiger partial charge < -0.3 is 15.4 Å². The summed E-state index contributed by atoms with van der Waals surface area (Å²) in [5.74, 6) is -0.659. The molecule has 3 rings (SSSR count). The third-order valence-electron chi connectivity index (χ3n) is 3.95. The quantitative estimate of drug-likeness (QED) is 0.868. The Morgan fingerprint density at radius 3 is 2.76 bits per heavy atom. The Morgan fingerprint density at radius 1 is 1.20 bits per heavy atom. The maximum absolute atomic E-state index is 12.4. The van der Waals surface area contributed by atoms with Gasteiger partial charge in [-0.3, -0.25) is 14.6 Å². The van der Waals surface area contributed by atoms with Crippen LogP contribution in [0.1, 0.15) is 39.4 Å². The first kappa shape index (κ1) is 17.0. The summed E-state index contributed by atoms with van der Waals surface area (Å²) in [6.07, 6.45) is 4.96. The molecule has 0 radical (unpaired) electrons. The molecule has 0 saturated carbocycles. The molecule has 1 saturated heterocycles. The number of nitrogens with zero attached hydrogens (tertiary/aromatic N) is 2. The van der Waals surface area contributed by atoms with Gasteiger partial charge in [0.1, 0.15) is 5.69 Å². The first-order valence-corrected chi connectivity index (χ1v) is 8.22. The van der Waals surface area contributed by atoms with Gasteiger partial charge in [-0.1, -0.05) is 12.1 Å². The molecule has 1 aliphatic heterocycles. The number of anilines is 1. The van der Waals surface area contributed by atoms with Gasteiger partial charge in [-0.2, -0.15) is 0 Å². The number of carbonyl (C=O) groups is 2. The van der Waals surface area contributed by atoms with Gasteiger partial charge in [0.05, 0.1) is 29.2 Å². The van der Waals surface area contributed by atoms with E-state index in [1.165, 1.54) is 12.4 Å². The van der Waals surface area contributed by atoms with Crippen molar-refractivity contribution in [3.05, 3.63) is 53.6 Å². The fraction of sp³-hybridized carbons (Fsp3) is 0.333. The molecule has 25 heavy (non-hydrogen) atoms. The van der Waals surface area contributed by atoms with E-state index in [2.05, 4.69) is 20.6 Å². The number of benzene rings is 1. The molecule has 130 valence electrons. The molecule has 1 unspecified atom stereocenters. The van der Waals surface area contributed by atoms with Crippen molar-refractivity contribution in [2.75, 3.05) is 18.5 Å². The summed E-state index contributed by atoms with van der Waals surface area (Å²) < 4.78 is 5.50. The lowest BCUT2D eigenvalue weighted by molar-refractivity contribution is 0.0858. The highest BCUT2D eigenvalue weighted by atomic mass is 16.5. The van der Waals surface area contributed by atoms with E-state index in [0.717, 1.165) is 25.1 Å². The Balaban J connectivity index is 1.68. The summed E-state index contributed by atoms with van der Waals surface area (Å²) in [6.45, 7) is 3.00. The summed E-state index contributed by atoms with van der Waals surface area (Å²) in [7, 11) is 0. The smallest absolute Gasteiger partial charge is 0.275 e. The van der Waals surface area contributed by atoms with Gasteiger partial charge in [0, 0.05) is 19.3 Å². The van der Waals surface area contributed by atoms with Crippen LogP contribution >= 0.6 is 0 Å². The second-order valence-electron chi connectivity index (χ2n) is 5.89. The minimum Gasteiger partial charge on any atom is -0.376 e. The summed E-state index contributed by atoms with van der Waals surface area (Å²) >= 11 is 0. The Morgan fingerprint density at radius 2 is 2.04 bits per heavy atom. The summed E-state index contributed by atoms with van der Waals surface area (Å²) in [5, 5.41) is 5.58. The van der Waals surface area contributed by atoms with E-state index in [1.807, 2.05) is 0 Å². The van der Waals surface area contributed by atoms with Crippen molar-refractivity contribution < 1.29 is 14.3 Å². The number of aryl methyl sites for hydroxylation is 1. The Hall–Kier alpha value is -2.80. The van der Waals surface area contributed by atoms with Crippen LogP contribution in [0.25, 0.3) is 0 Å². The highest BCUT2D eigenvalue weighted by Gasteiger charge is 2.19. The number of rotatable bonds is 5. The number of ether oxygens (including phenoxy) is 1. The molecule has 2 aromatic rings. The standard InChI is InChI=1S/C18H20N4O3/c1-12-9-20-16(11-19-12)18(24)22-15-7-3-2-6-14(15)17(23)21-10-13-5-4-8-25-13/h2-3,6-7,9,11,13H,4-5,8,10H2,1H3,(H,21,23)(H,22,24). The van der Waals surface area contributed by atoms with Crippen molar-refractivity contribution >= 4 is 17.5 Å². The SMILES string of the molecule is Cc1cnc(C(=O)Nc2ccccc2C(=O)NCC2CCCO2)cn1. The number of hydrogen-bond acceptors (Lipinski definition) is 5. The molecule has 1 atom stereocenters. The van der Waals surface area contributed by atoms with Crippen molar-refractivity contribution in [2.45, 2.75) is 25.9 Å².